The number of pyridine rings is 1. The van der Waals surface area contributed by atoms with Gasteiger partial charge in [-0.2, -0.15) is 8.42 Å². The highest BCUT2D eigenvalue weighted by atomic mass is 32.2. The predicted molar refractivity (Wildman–Crippen MR) is 112 cm³/mol. The SMILES string of the molecule is C=Cc1ccc(NS(=O)(=O)c2ccccn2)c(C(=O)OCc2ccccc2)c1C. The number of hydrogen-bond donors (Lipinski definition) is 1. The van der Waals surface area contributed by atoms with Gasteiger partial charge in [-0.05, 0) is 41.8 Å². The Hall–Kier alpha value is -3.45. The third-order valence-corrected chi connectivity index (χ3v) is 5.58. The first-order chi connectivity index (χ1) is 13.9. The third-order valence-electron chi connectivity index (χ3n) is 4.30. The van der Waals surface area contributed by atoms with Crippen molar-refractivity contribution in [2.75, 3.05) is 4.72 Å². The van der Waals surface area contributed by atoms with Crippen LogP contribution in [0.5, 0.6) is 0 Å². The quantitative estimate of drug-likeness (QED) is 0.593. The lowest BCUT2D eigenvalue weighted by atomic mass is 10.0. The standard InChI is InChI=1S/C22H20N2O4S/c1-3-18-12-13-19(24-29(26,27)20-11-7-8-14-23-20)21(16(18)2)22(25)28-15-17-9-5-4-6-10-17/h3-14,24H,1,15H2,2H3. The largest absolute Gasteiger partial charge is 0.457 e. The number of rotatable bonds is 7. The van der Waals surface area contributed by atoms with Crippen molar-refractivity contribution in [2.24, 2.45) is 0 Å². The van der Waals surface area contributed by atoms with E-state index in [0.717, 1.165) is 5.56 Å². The second-order valence-corrected chi connectivity index (χ2v) is 7.87. The second kappa shape index (κ2) is 8.70. The summed E-state index contributed by atoms with van der Waals surface area (Å²) >= 11 is 0. The van der Waals surface area contributed by atoms with E-state index in [4.69, 9.17) is 4.74 Å². The summed E-state index contributed by atoms with van der Waals surface area (Å²) in [4.78, 5) is 16.7. The van der Waals surface area contributed by atoms with Crippen LogP contribution in [0.3, 0.4) is 0 Å². The van der Waals surface area contributed by atoms with Gasteiger partial charge in [0, 0.05) is 6.20 Å². The smallest absolute Gasteiger partial charge is 0.340 e. The van der Waals surface area contributed by atoms with Gasteiger partial charge in [-0.3, -0.25) is 4.72 Å². The molecule has 0 bridgehead atoms. The molecule has 0 aliphatic carbocycles. The average Bonchev–Trinajstić information content (AvgIpc) is 2.73. The number of benzene rings is 2. The monoisotopic (exact) mass is 408 g/mol. The summed E-state index contributed by atoms with van der Waals surface area (Å²) in [6.07, 6.45) is 2.98. The van der Waals surface area contributed by atoms with Crippen LogP contribution in [0.15, 0.2) is 78.5 Å². The zero-order valence-corrected chi connectivity index (χ0v) is 16.6. The van der Waals surface area contributed by atoms with Crippen molar-refractivity contribution < 1.29 is 17.9 Å². The molecular formula is C22H20N2O4S. The molecule has 0 fully saturated rings. The lowest BCUT2D eigenvalue weighted by molar-refractivity contribution is 0.0473. The van der Waals surface area contributed by atoms with E-state index in [1.165, 1.54) is 18.3 Å². The van der Waals surface area contributed by atoms with E-state index in [1.54, 1.807) is 31.2 Å². The minimum atomic E-state index is -3.97. The maximum Gasteiger partial charge on any atom is 0.340 e. The van der Waals surface area contributed by atoms with Crippen LogP contribution >= 0.6 is 0 Å². The van der Waals surface area contributed by atoms with Crippen LogP contribution in [0.4, 0.5) is 5.69 Å². The van der Waals surface area contributed by atoms with Crippen molar-refractivity contribution in [2.45, 2.75) is 18.6 Å². The Morgan fingerprint density at radius 2 is 1.83 bits per heavy atom. The molecule has 0 saturated heterocycles. The molecule has 0 unspecified atom stereocenters. The van der Waals surface area contributed by atoms with Gasteiger partial charge in [0.25, 0.3) is 10.0 Å². The molecule has 2 aromatic carbocycles. The summed E-state index contributed by atoms with van der Waals surface area (Å²) in [7, 11) is -3.97. The maximum absolute atomic E-state index is 12.8. The number of nitrogens with zero attached hydrogens (tertiary/aromatic N) is 1. The summed E-state index contributed by atoms with van der Waals surface area (Å²) in [5.74, 6) is -0.631. The van der Waals surface area contributed by atoms with Crippen molar-refractivity contribution >= 4 is 27.8 Å². The number of sulfonamides is 1. The Morgan fingerprint density at radius 1 is 1.10 bits per heavy atom. The Labute approximate surface area is 169 Å². The summed E-state index contributed by atoms with van der Waals surface area (Å²) in [6, 6.07) is 17.0. The molecule has 1 aromatic heterocycles. The van der Waals surface area contributed by atoms with Crippen molar-refractivity contribution in [1.82, 2.24) is 4.98 Å². The van der Waals surface area contributed by atoms with Crippen molar-refractivity contribution in [1.29, 1.82) is 0 Å². The van der Waals surface area contributed by atoms with E-state index in [-0.39, 0.29) is 22.9 Å². The van der Waals surface area contributed by atoms with Gasteiger partial charge in [-0.15, -0.1) is 0 Å². The van der Waals surface area contributed by atoms with Gasteiger partial charge >= 0.3 is 5.97 Å². The molecule has 1 heterocycles. The zero-order valence-electron chi connectivity index (χ0n) is 15.8. The highest BCUT2D eigenvalue weighted by Crippen LogP contribution is 2.27. The van der Waals surface area contributed by atoms with Crippen LogP contribution in [0.1, 0.15) is 27.0 Å². The minimum Gasteiger partial charge on any atom is -0.457 e. The number of anilines is 1. The molecule has 29 heavy (non-hydrogen) atoms. The molecule has 3 aromatic rings. The fourth-order valence-electron chi connectivity index (χ4n) is 2.80. The third kappa shape index (κ3) is 4.70. The lowest BCUT2D eigenvalue weighted by Crippen LogP contribution is -2.18. The normalized spacial score (nSPS) is 10.9. The van der Waals surface area contributed by atoms with Crippen LogP contribution in [0.2, 0.25) is 0 Å². The van der Waals surface area contributed by atoms with E-state index >= 15 is 0 Å². The first-order valence-electron chi connectivity index (χ1n) is 8.83. The molecular weight excluding hydrogens is 388 g/mol. The molecule has 0 radical (unpaired) electrons. The first-order valence-corrected chi connectivity index (χ1v) is 10.3. The molecule has 0 atom stereocenters. The highest BCUT2D eigenvalue weighted by Gasteiger charge is 2.23. The summed E-state index contributed by atoms with van der Waals surface area (Å²) in [5.41, 5.74) is 2.36. The van der Waals surface area contributed by atoms with E-state index < -0.39 is 16.0 Å². The number of carbonyl (C=O) groups excluding carboxylic acids is 1. The number of aromatic nitrogens is 1. The van der Waals surface area contributed by atoms with Crippen LogP contribution in [-0.4, -0.2) is 19.4 Å². The van der Waals surface area contributed by atoms with Crippen LogP contribution in [0, 0.1) is 6.92 Å². The van der Waals surface area contributed by atoms with Gasteiger partial charge < -0.3 is 4.74 Å². The minimum absolute atomic E-state index is 0.0733. The summed E-state index contributed by atoms with van der Waals surface area (Å²) < 4.78 is 33.2. The number of hydrogen-bond acceptors (Lipinski definition) is 5. The molecule has 148 valence electrons. The van der Waals surface area contributed by atoms with Gasteiger partial charge in [-0.1, -0.05) is 55.1 Å². The highest BCUT2D eigenvalue weighted by molar-refractivity contribution is 7.92. The predicted octanol–water partition coefficient (Wildman–Crippen LogP) is 4.19. The summed E-state index contributed by atoms with van der Waals surface area (Å²) in [6.45, 7) is 5.53. The molecule has 0 aliphatic rings. The number of carbonyl (C=O) groups is 1. The molecule has 6 nitrogen and oxygen atoms in total. The van der Waals surface area contributed by atoms with Gasteiger partial charge in [-0.25, -0.2) is 9.78 Å². The van der Waals surface area contributed by atoms with Crippen LogP contribution < -0.4 is 4.72 Å². The van der Waals surface area contributed by atoms with Gasteiger partial charge in [0.05, 0.1) is 11.3 Å². The van der Waals surface area contributed by atoms with Crippen molar-refractivity contribution in [3.05, 3.63) is 95.7 Å². The number of esters is 1. The van der Waals surface area contributed by atoms with Gasteiger partial charge in [0.2, 0.25) is 0 Å². The second-order valence-electron chi connectivity index (χ2n) is 6.24. The van der Waals surface area contributed by atoms with E-state index in [2.05, 4.69) is 16.3 Å². The van der Waals surface area contributed by atoms with E-state index in [9.17, 15) is 13.2 Å². The fraction of sp³-hybridized carbons (Fsp3) is 0.0909. The molecule has 0 aliphatic heterocycles. The molecule has 0 saturated carbocycles. The number of ether oxygens (including phenoxy) is 1. The van der Waals surface area contributed by atoms with E-state index in [1.807, 2.05) is 30.3 Å². The Balaban J connectivity index is 1.94. The summed E-state index contributed by atoms with van der Waals surface area (Å²) in [5, 5.41) is -0.144. The van der Waals surface area contributed by atoms with Crippen molar-refractivity contribution in [3.8, 4) is 0 Å². The molecule has 1 N–H and O–H groups in total. The van der Waals surface area contributed by atoms with Gasteiger partial charge in [0.1, 0.15) is 6.61 Å². The molecule has 0 amide bonds. The maximum atomic E-state index is 12.8. The molecule has 7 heteroatoms. The lowest BCUT2D eigenvalue weighted by Gasteiger charge is -2.16. The first kappa shape index (κ1) is 20.3. The molecule has 3 rings (SSSR count). The topological polar surface area (TPSA) is 85.4 Å². The van der Waals surface area contributed by atoms with E-state index in [0.29, 0.717) is 11.1 Å². The Bertz CT molecular complexity index is 1130. The fourth-order valence-corrected chi connectivity index (χ4v) is 3.82. The van der Waals surface area contributed by atoms with Crippen LogP contribution in [-0.2, 0) is 21.4 Å². The average molecular weight is 408 g/mol. The van der Waals surface area contributed by atoms with Gasteiger partial charge in [0.15, 0.2) is 5.03 Å². The van der Waals surface area contributed by atoms with Crippen LogP contribution in [0.25, 0.3) is 6.08 Å². The van der Waals surface area contributed by atoms with Crippen molar-refractivity contribution in [3.63, 3.8) is 0 Å². The zero-order chi connectivity index (χ0) is 20.9. The Kier molecular flexibility index (Phi) is 6.09. The molecule has 0 spiro atoms. The Morgan fingerprint density at radius 3 is 2.48 bits per heavy atom. The number of nitrogens with one attached hydrogen (secondary N) is 1.